The molecule has 1 aromatic rings. The Morgan fingerprint density at radius 1 is 1.48 bits per heavy atom. The molecular formula is C13H16N2O5S. The number of methoxy groups -OCH3 is 1. The van der Waals surface area contributed by atoms with E-state index in [9.17, 15) is 13.2 Å². The highest BCUT2D eigenvalue weighted by Gasteiger charge is 2.18. The lowest BCUT2D eigenvalue weighted by Gasteiger charge is -2.14. The van der Waals surface area contributed by atoms with Crippen molar-refractivity contribution in [3.05, 3.63) is 35.4 Å². The molecular weight excluding hydrogens is 296 g/mol. The van der Waals surface area contributed by atoms with E-state index in [-0.39, 0.29) is 6.61 Å². The number of rotatable bonds is 4. The third-order valence-electron chi connectivity index (χ3n) is 2.43. The first-order valence-corrected chi connectivity index (χ1v) is 7.44. The molecule has 1 amide bonds. The van der Waals surface area contributed by atoms with E-state index in [1.165, 1.54) is 0 Å². The summed E-state index contributed by atoms with van der Waals surface area (Å²) >= 11 is 0. The topological polar surface area (TPSA) is 105 Å². The first kappa shape index (κ1) is 17.0. The maximum absolute atomic E-state index is 11.7. The van der Waals surface area contributed by atoms with Gasteiger partial charge in [0.15, 0.2) is 0 Å². The molecule has 21 heavy (non-hydrogen) atoms. The molecule has 0 saturated carbocycles. The largest absolute Gasteiger partial charge is 0.452 e. The monoisotopic (exact) mass is 312 g/mol. The molecule has 0 aliphatic carbocycles. The molecule has 3 N–H and O–H groups in total. The summed E-state index contributed by atoms with van der Waals surface area (Å²) in [7, 11) is -2.95. The van der Waals surface area contributed by atoms with Crippen molar-refractivity contribution in [1.82, 2.24) is 9.44 Å². The maximum Gasteiger partial charge on any atom is 0.421 e. The van der Waals surface area contributed by atoms with E-state index < -0.39 is 22.3 Å². The minimum Gasteiger partial charge on any atom is -0.452 e. The zero-order valence-electron chi connectivity index (χ0n) is 11.6. The number of aliphatic hydroxyl groups is 1. The minimum atomic E-state index is -4.02. The molecule has 8 heteroatoms. The van der Waals surface area contributed by atoms with E-state index >= 15 is 0 Å². The molecule has 0 spiro atoms. The van der Waals surface area contributed by atoms with Gasteiger partial charge in [0.2, 0.25) is 0 Å². The molecule has 0 aliphatic rings. The van der Waals surface area contributed by atoms with Gasteiger partial charge in [-0.1, -0.05) is 24.0 Å². The van der Waals surface area contributed by atoms with Crippen LogP contribution in [0.1, 0.15) is 24.1 Å². The molecule has 0 saturated heterocycles. The quantitative estimate of drug-likeness (QED) is 0.693. The highest BCUT2D eigenvalue weighted by atomic mass is 32.2. The van der Waals surface area contributed by atoms with Crippen molar-refractivity contribution in [1.29, 1.82) is 0 Å². The highest BCUT2D eigenvalue weighted by molar-refractivity contribution is 7.88. The van der Waals surface area contributed by atoms with Crippen LogP contribution in [0.3, 0.4) is 0 Å². The third-order valence-corrected chi connectivity index (χ3v) is 3.53. The van der Waals surface area contributed by atoms with Crippen LogP contribution in [0.4, 0.5) is 4.79 Å². The lowest BCUT2D eigenvalue weighted by atomic mass is 10.1. The lowest BCUT2D eigenvalue weighted by molar-refractivity contribution is 0.177. The van der Waals surface area contributed by atoms with Gasteiger partial charge in [0.1, 0.15) is 6.61 Å². The standard InChI is InChI=1S/C13H16N2O5S/c1-10(14-21(18,19)15-13(17)20-2)12-7-3-5-11(9-12)6-4-8-16/h3,5,7,9-10,14,16H,8H2,1-2H3,(H,15,17). The number of carbonyl (C=O) groups excluding carboxylic acids is 1. The average Bonchev–Trinajstić information content (AvgIpc) is 2.44. The molecule has 1 unspecified atom stereocenters. The molecule has 114 valence electrons. The van der Waals surface area contributed by atoms with E-state index in [0.717, 1.165) is 7.11 Å². The first-order chi connectivity index (χ1) is 9.88. The average molecular weight is 312 g/mol. The number of ether oxygens (including phenoxy) is 1. The van der Waals surface area contributed by atoms with Gasteiger partial charge in [0.25, 0.3) is 0 Å². The van der Waals surface area contributed by atoms with Crippen molar-refractivity contribution < 1.29 is 23.1 Å². The fourth-order valence-electron chi connectivity index (χ4n) is 1.51. The van der Waals surface area contributed by atoms with Crippen LogP contribution in [0, 0.1) is 11.8 Å². The Morgan fingerprint density at radius 3 is 2.81 bits per heavy atom. The van der Waals surface area contributed by atoms with Crippen molar-refractivity contribution in [3.63, 3.8) is 0 Å². The predicted octanol–water partition coefficient (Wildman–Crippen LogP) is 0.282. The summed E-state index contributed by atoms with van der Waals surface area (Å²) in [6, 6.07) is 6.28. The van der Waals surface area contributed by atoms with Gasteiger partial charge in [-0.2, -0.15) is 13.1 Å². The normalized spacial score (nSPS) is 12.0. The summed E-state index contributed by atoms with van der Waals surface area (Å²) < 4.78 is 31.5. The molecule has 0 fully saturated rings. The SMILES string of the molecule is COC(=O)NS(=O)(=O)NC(C)c1cccc(C#CCO)c1. The second kappa shape index (κ2) is 7.64. The van der Waals surface area contributed by atoms with Gasteiger partial charge in [0.05, 0.1) is 7.11 Å². The van der Waals surface area contributed by atoms with E-state index in [2.05, 4.69) is 21.3 Å². The van der Waals surface area contributed by atoms with Gasteiger partial charge in [-0.3, -0.25) is 0 Å². The van der Waals surface area contributed by atoms with Crippen LogP contribution in [0.25, 0.3) is 0 Å². The van der Waals surface area contributed by atoms with Crippen LogP contribution in [-0.2, 0) is 14.9 Å². The second-order valence-corrected chi connectivity index (χ2v) is 5.47. The Labute approximate surface area is 123 Å². The smallest absolute Gasteiger partial charge is 0.421 e. The number of benzene rings is 1. The van der Waals surface area contributed by atoms with Crippen LogP contribution in [0.15, 0.2) is 24.3 Å². The minimum absolute atomic E-state index is 0.255. The molecule has 7 nitrogen and oxygen atoms in total. The van der Waals surface area contributed by atoms with Crippen molar-refractivity contribution in [2.24, 2.45) is 0 Å². The van der Waals surface area contributed by atoms with E-state index in [4.69, 9.17) is 5.11 Å². The van der Waals surface area contributed by atoms with Gasteiger partial charge in [-0.25, -0.2) is 9.52 Å². The molecule has 1 rings (SSSR count). The summed E-state index contributed by atoms with van der Waals surface area (Å²) in [5.41, 5.74) is 1.31. The Balaban J connectivity index is 2.84. The molecule has 0 radical (unpaired) electrons. The number of hydrogen-bond donors (Lipinski definition) is 3. The van der Waals surface area contributed by atoms with Crippen molar-refractivity contribution >= 4 is 16.3 Å². The Morgan fingerprint density at radius 2 is 2.19 bits per heavy atom. The molecule has 1 aromatic carbocycles. The van der Waals surface area contributed by atoms with Crippen molar-refractivity contribution in [2.45, 2.75) is 13.0 Å². The number of hydrogen-bond acceptors (Lipinski definition) is 5. The van der Waals surface area contributed by atoms with Crippen molar-refractivity contribution in [2.75, 3.05) is 13.7 Å². The highest BCUT2D eigenvalue weighted by Crippen LogP contribution is 2.14. The number of nitrogens with one attached hydrogen (secondary N) is 2. The Hall–Kier alpha value is -2.08. The van der Waals surface area contributed by atoms with Crippen LogP contribution in [-0.4, -0.2) is 33.3 Å². The van der Waals surface area contributed by atoms with Crippen LogP contribution >= 0.6 is 0 Å². The molecule has 0 aromatic heterocycles. The van der Waals surface area contributed by atoms with Crippen LogP contribution < -0.4 is 9.44 Å². The molecule has 0 bridgehead atoms. The number of amides is 1. The van der Waals surface area contributed by atoms with Gasteiger partial charge in [-0.15, -0.1) is 0 Å². The fraction of sp³-hybridized carbons (Fsp3) is 0.308. The van der Waals surface area contributed by atoms with Crippen molar-refractivity contribution in [3.8, 4) is 11.8 Å². The summed E-state index contributed by atoms with van der Waals surface area (Å²) in [5.74, 6) is 5.23. The molecule has 0 aliphatic heterocycles. The van der Waals surface area contributed by atoms with E-state index in [1.54, 1.807) is 35.9 Å². The first-order valence-electron chi connectivity index (χ1n) is 5.95. The summed E-state index contributed by atoms with van der Waals surface area (Å²) in [6.07, 6.45) is -1.07. The zero-order valence-corrected chi connectivity index (χ0v) is 12.4. The third kappa shape index (κ3) is 5.83. The summed E-state index contributed by atoms with van der Waals surface area (Å²) in [6.45, 7) is 1.37. The van der Waals surface area contributed by atoms with Crippen LogP contribution in [0.2, 0.25) is 0 Å². The Kier molecular flexibility index (Phi) is 6.17. The van der Waals surface area contributed by atoms with Gasteiger partial charge in [0, 0.05) is 11.6 Å². The number of carbonyl (C=O) groups is 1. The maximum atomic E-state index is 11.7. The van der Waals surface area contributed by atoms with E-state index in [0.29, 0.717) is 11.1 Å². The predicted molar refractivity (Wildman–Crippen MR) is 76.4 cm³/mol. The van der Waals surface area contributed by atoms with Gasteiger partial charge >= 0.3 is 16.3 Å². The summed E-state index contributed by atoms with van der Waals surface area (Å²) in [5, 5.41) is 8.65. The van der Waals surface area contributed by atoms with Crippen LogP contribution in [0.5, 0.6) is 0 Å². The zero-order chi connectivity index (χ0) is 15.9. The van der Waals surface area contributed by atoms with E-state index in [1.807, 2.05) is 0 Å². The fourth-order valence-corrected chi connectivity index (χ4v) is 2.47. The Bertz CT molecular complexity index is 661. The summed E-state index contributed by atoms with van der Waals surface area (Å²) in [4.78, 5) is 10.9. The lowest BCUT2D eigenvalue weighted by Crippen LogP contribution is -2.41. The van der Waals surface area contributed by atoms with Gasteiger partial charge < -0.3 is 9.84 Å². The van der Waals surface area contributed by atoms with Gasteiger partial charge in [-0.05, 0) is 24.6 Å². The number of aliphatic hydroxyl groups excluding tert-OH is 1. The second-order valence-electron chi connectivity index (χ2n) is 4.02. The molecule has 0 heterocycles. The molecule has 1 atom stereocenters.